The molecule has 0 saturated heterocycles. The molecule has 2 saturated carbocycles. The van der Waals surface area contributed by atoms with Gasteiger partial charge in [0.05, 0.1) is 5.25 Å². The summed E-state index contributed by atoms with van der Waals surface area (Å²) in [5.41, 5.74) is 0. The van der Waals surface area contributed by atoms with Crippen LogP contribution < -0.4 is 5.32 Å². The molecule has 4 atom stereocenters. The molecule has 2 aliphatic carbocycles. The van der Waals surface area contributed by atoms with Crippen LogP contribution in [0.3, 0.4) is 0 Å². The third-order valence-electron chi connectivity index (χ3n) is 5.06. The summed E-state index contributed by atoms with van der Waals surface area (Å²) in [6, 6.07) is 0.655. The van der Waals surface area contributed by atoms with Gasteiger partial charge in [-0.1, -0.05) is 25.7 Å². The van der Waals surface area contributed by atoms with Crippen LogP contribution >= 0.6 is 0 Å². The van der Waals surface area contributed by atoms with Crippen molar-refractivity contribution in [3.8, 4) is 0 Å². The van der Waals surface area contributed by atoms with Crippen LogP contribution in [0.5, 0.6) is 0 Å². The minimum atomic E-state index is -2.83. The van der Waals surface area contributed by atoms with E-state index in [1.807, 2.05) is 7.05 Å². The first kappa shape index (κ1) is 14.3. The van der Waals surface area contributed by atoms with E-state index < -0.39 is 9.84 Å². The highest BCUT2D eigenvalue weighted by Crippen LogP contribution is 2.39. The summed E-state index contributed by atoms with van der Waals surface area (Å²) in [6.45, 7) is 0. The lowest BCUT2D eigenvalue weighted by molar-refractivity contribution is 0.175. The normalized spacial score (nSPS) is 38.6. The van der Waals surface area contributed by atoms with Gasteiger partial charge in [-0.3, -0.25) is 0 Å². The van der Waals surface area contributed by atoms with Crippen LogP contribution in [-0.4, -0.2) is 33.0 Å². The smallest absolute Gasteiger partial charge is 0.150 e. The molecule has 4 unspecified atom stereocenters. The van der Waals surface area contributed by atoms with Gasteiger partial charge < -0.3 is 5.32 Å². The molecule has 18 heavy (non-hydrogen) atoms. The molecule has 2 aliphatic rings. The van der Waals surface area contributed by atoms with Crippen molar-refractivity contribution in [3.05, 3.63) is 0 Å². The van der Waals surface area contributed by atoms with Crippen molar-refractivity contribution >= 4 is 9.84 Å². The molecule has 106 valence electrons. The first-order valence-electron chi connectivity index (χ1n) is 7.37. The summed E-state index contributed by atoms with van der Waals surface area (Å²) in [6.07, 6.45) is 10.7. The highest BCUT2D eigenvalue weighted by molar-refractivity contribution is 7.91. The predicted molar refractivity (Wildman–Crippen MR) is 75.4 cm³/mol. The second-order valence-corrected chi connectivity index (χ2v) is 8.62. The minimum absolute atomic E-state index is 0.0637. The summed E-state index contributed by atoms with van der Waals surface area (Å²) in [7, 11) is -0.783. The third-order valence-corrected chi connectivity index (χ3v) is 6.70. The van der Waals surface area contributed by atoms with Gasteiger partial charge in [0, 0.05) is 12.3 Å². The molecule has 0 bridgehead atoms. The standard InChI is InChI=1S/C14H27NO2S/c1-15-13-7-3-5-11(9-13)12-6-4-8-14(10-12)18(2,16)17/h11-15H,3-10H2,1-2H3. The second-order valence-electron chi connectivity index (χ2n) is 6.29. The largest absolute Gasteiger partial charge is 0.317 e. The molecular weight excluding hydrogens is 246 g/mol. The van der Waals surface area contributed by atoms with E-state index in [0.717, 1.165) is 25.2 Å². The van der Waals surface area contributed by atoms with Crippen LogP contribution in [0.25, 0.3) is 0 Å². The Morgan fingerprint density at radius 1 is 0.944 bits per heavy atom. The first-order chi connectivity index (χ1) is 8.50. The zero-order valence-corrected chi connectivity index (χ0v) is 12.5. The number of hydrogen-bond acceptors (Lipinski definition) is 3. The Hall–Kier alpha value is -0.0900. The number of sulfone groups is 1. The van der Waals surface area contributed by atoms with Crippen molar-refractivity contribution < 1.29 is 8.42 Å². The number of rotatable bonds is 3. The SMILES string of the molecule is CNC1CCCC(C2CCCC(S(C)(=O)=O)C2)C1. The molecule has 0 aromatic rings. The average molecular weight is 273 g/mol. The summed E-state index contributed by atoms with van der Waals surface area (Å²) in [5.74, 6) is 1.40. The van der Waals surface area contributed by atoms with E-state index in [1.165, 1.54) is 38.4 Å². The third kappa shape index (κ3) is 3.47. The fourth-order valence-corrected chi connectivity index (χ4v) is 5.11. The van der Waals surface area contributed by atoms with Crippen LogP contribution in [0, 0.1) is 11.8 Å². The maximum absolute atomic E-state index is 11.7. The van der Waals surface area contributed by atoms with Gasteiger partial charge in [0.15, 0.2) is 0 Å². The van der Waals surface area contributed by atoms with E-state index in [0.29, 0.717) is 12.0 Å². The van der Waals surface area contributed by atoms with Gasteiger partial charge >= 0.3 is 0 Å². The highest BCUT2D eigenvalue weighted by atomic mass is 32.2. The molecule has 0 heterocycles. The Morgan fingerprint density at radius 2 is 1.56 bits per heavy atom. The van der Waals surface area contributed by atoms with Crippen LogP contribution in [0.15, 0.2) is 0 Å². The molecule has 2 fully saturated rings. The van der Waals surface area contributed by atoms with Crippen LogP contribution in [0.1, 0.15) is 51.4 Å². The van der Waals surface area contributed by atoms with Crippen molar-refractivity contribution in [3.63, 3.8) is 0 Å². The van der Waals surface area contributed by atoms with E-state index in [-0.39, 0.29) is 5.25 Å². The zero-order valence-electron chi connectivity index (χ0n) is 11.7. The number of hydrogen-bond donors (Lipinski definition) is 1. The predicted octanol–water partition coefficient (Wildman–Crippen LogP) is 2.37. The fourth-order valence-electron chi connectivity index (χ4n) is 3.92. The van der Waals surface area contributed by atoms with Crippen molar-refractivity contribution in [1.82, 2.24) is 5.32 Å². The van der Waals surface area contributed by atoms with Crippen molar-refractivity contribution in [1.29, 1.82) is 0 Å². The number of nitrogens with one attached hydrogen (secondary N) is 1. The maximum atomic E-state index is 11.7. The second kappa shape index (κ2) is 5.91. The van der Waals surface area contributed by atoms with Crippen LogP contribution in [0.4, 0.5) is 0 Å². The van der Waals surface area contributed by atoms with Crippen LogP contribution in [0.2, 0.25) is 0 Å². The molecule has 0 aliphatic heterocycles. The molecule has 0 radical (unpaired) electrons. The average Bonchev–Trinajstić information content (AvgIpc) is 2.38. The molecule has 0 aromatic carbocycles. The van der Waals surface area contributed by atoms with E-state index in [1.54, 1.807) is 0 Å². The van der Waals surface area contributed by atoms with Crippen LogP contribution in [-0.2, 0) is 9.84 Å². The minimum Gasteiger partial charge on any atom is -0.317 e. The Kier molecular flexibility index (Phi) is 4.70. The maximum Gasteiger partial charge on any atom is 0.150 e. The zero-order chi connectivity index (χ0) is 13.2. The molecule has 4 heteroatoms. The molecule has 0 spiro atoms. The Morgan fingerprint density at radius 3 is 2.17 bits per heavy atom. The summed E-state index contributed by atoms with van der Waals surface area (Å²) in [4.78, 5) is 0. The summed E-state index contributed by atoms with van der Waals surface area (Å²) >= 11 is 0. The van der Waals surface area contributed by atoms with E-state index in [9.17, 15) is 8.42 Å². The lowest BCUT2D eigenvalue weighted by Crippen LogP contribution is -2.37. The van der Waals surface area contributed by atoms with Gasteiger partial charge in [-0.25, -0.2) is 8.42 Å². The summed E-state index contributed by atoms with van der Waals surface area (Å²) < 4.78 is 23.4. The Bertz CT molecular complexity index is 366. The topological polar surface area (TPSA) is 46.2 Å². The van der Waals surface area contributed by atoms with E-state index in [2.05, 4.69) is 5.32 Å². The lowest BCUT2D eigenvalue weighted by atomic mass is 9.72. The molecule has 3 nitrogen and oxygen atoms in total. The van der Waals surface area contributed by atoms with Gasteiger partial charge in [-0.05, 0) is 44.6 Å². The molecule has 0 aromatic heterocycles. The lowest BCUT2D eigenvalue weighted by Gasteiger charge is -2.38. The Labute approximate surface area is 112 Å². The van der Waals surface area contributed by atoms with Gasteiger partial charge in [-0.15, -0.1) is 0 Å². The monoisotopic (exact) mass is 273 g/mol. The van der Waals surface area contributed by atoms with Crippen molar-refractivity contribution in [2.45, 2.75) is 62.7 Å². The van der Waals surface area contributed by atoms with E-state index in [4.69, 9.17) is 0 Å². The van der Waals surface area contributed by atoms with Gasteiger partial charge in [0.1, 0.15) is 9.84 Å². The fraction of sp³-hybridized carbons (Fsp3) is 1.00. The van der Waals surface area contributed by atoms with Gasteiger partial charge in [0.25, 0.3) is 0 Å². The van der Waals surface area contributed by atoms with Gasteiger partial charge in [-0.2, -0.15) is 0 Å². The molecule has 1 N–H and O–H groups in total. The van der Waals surface area contributed by atoms with Gasteiger partial charge in [0.2, 0.25) is 0 Å². The Balaban J connectivity index is 1.96. The molecule has 2 rings (SSSR count). The summed E-state index contributed by atoms with van der Waals surface area (Å²) in [5, 5.41) is 3.33. The molecular formula is C14H27NO2S. The molecule has 0 amide bonds. The highest BCUT2D eigenvalue weighted by Gasteiger charge is 2.34. The quantitative estimate of drug-likeness (QED) is 0.858. The van der Waals surface area contributed by atoms with Crippen molar-refractivity contribution in [2.75, 3.05) is 13.3 Å². The van der Waals surface area contributed by atoms with E-state index >= 15 is 0 Å². The first-order valence-corrected chi connectivity index (χ1v) is 9.32. The van der Waals surface area contributed by atoms with Crippen molar-refractivity contribution in [2.24, 2.45) is 11.8 Å².